The first-order valence-corrected chi connectivity index (χ1v) is 9.12. The number of alkyl halides is 3. The predicted molar refractivity (Wildman–Crippen MR) is 84.4 cm³/mol. The summed E-state index contributed by atoms with van der Waals surface area (Å²) in [5, 5.41) is 17.4. The zero-order valence-corrected chi connectivity index (χ0v) is 14.6. The van der Waals surface area contributed by atoms with Gasteiger partial charge in [0.15, 0.2) is 9.84 Å². The second kappa shape index (κ2) is 6.10. The van der Waals surface area contributed by atoms with E-state index in [1.54, 1.807) is 0 Å². The molecule has 0 saturated carbocycles. The molecule has 2 rings (SSSR count). The van der Waals surface area contributed by atoms with Gasteiger partial charge in [0.2, 0.25) is 0 Å². The van der Waals surface area contributed by atoms with Crippen LogP contribution in [0.5, 0.6) is 0 Å². The first-order valence-electron chi connectivity index (χ1n) is 7.23. The SMILES string of the molecule is CC(C)(C(O)(Cc1ncn[nH]1)c1ccc(C(F)(F)F)cc1)S(C)(=O)=O. The van der Waals surface area contributed by atoms with Crippen molar-refractivity contribution in [2.75, 3.05) is 6.26 Å². The van der Waals surface area contributed by atoms with Gasteiger partial charge in [0.25, 0.3) is 0 Å². The van der Waals surface area contributed by atoms with Crippen LogP contribution in [0.1, 0.15) is 30.8 Å². The summed E-state index contributed by atoms with van der Waals surface area (Å²) in [5.74, 6) is 0.208. The molecule has 0 bridgehead atoms. The molecule has 0 aliphatic heterocycles. The minimum atomic E-state index is -4.53. The summed E-state index contributed by atoms with van der Waals surface area (Å²) in [6.45, 7) is 2.63. The van der Waals surface area contributed by atoms with Gasteiger partial charge >= 0.3 is 6.18 Å². The Morgan fingerprint density at radius 2 is 1.64 bits per heavy atom. The van der Waals surface area contributed by atoms with Crippen molar-refractivity contribution in [3.63, 3.8) is 0 Å². The molecule has 10 heteroatoms. The molecule has 0 aliphatic carbocycles. The number of halogens is 3. The van der Waals surface area contributed by atoms with Crippen LogP contribution in [0, 0.1) is 0 Å². The van der Waals surface area contributed by atoms with Crippen molar-refractivity contribution in [2.24, 2.45) is 0 Å². The van der Waals surface area contributed by atoms with Gasteiger partial charge in [-0.05, 0) is 31.5 Å². The first-order chi connectivity index (χ1) is 11.3. The molecule has 0 radical (unpaired) electrons. The molecule has 138 valence electrons. The van der Waals surface area contributed by atoms with Crippen molar-refractivity contribution in [1.82, 2.24) is 15.2 Å². The minimum Gasteiger partial charge on any atom is -0.383 e. The second-order valence-electron chi connectivity index (χ2n) is 6.33. The third-order valence-corrected chi connectivity index (χ3v) is 6.69. The van der Waals surface area contributed by atoms with Gasteiger partial charge in [-0.25, -0.2) is 13.4 Å². The smallest absolute Gasteiger partial charge is 0.383 e. The molecule has 6 nitrogen and oxygen atoms in total. The summed E-state index contributed by atoms with van der Waals surface area (Å²) in [6, 6.07) is 3.76. The Kier molecular flexibility index (Phi) is 4.73. The number of aromatic amines is 1. The Labute approximate surface area is 143 Å². The quantitative estimate of drug-likeness (QED) is 0.832. The van der Waals surface area contributed by atoms with Gasteiger partial charge in [-0.15, -0.1) is 0 Å². The highest BCUT2D eigenvalue weighted by Crippen LogP contribution is 2.41. The summed E-state index contributed by atoms with van der Waals surface area (Å²) >= 11 is 0. The Morgan fingerprint density at radius 3 is 2.04 bits per heavy atom. The van der Waals surface area contributed by atoms with Crippen LogP contribution in [-0.4, -0.2) is 39.7 Å². The molecule has 0 aliphatic rings. The molecule has 0 fully saturated rings. The van der Waals surface area contributed by atoms with E-state index < -0.39 is 31.9 Å². The number of nitrogens with one attached hydrogen (secondary N) is 1. The average Bonchev–Trinajstić information content (AvgIpc) is 2.97. The highest BCUT2D eigenvalue weighted by Gasteiger charge is 2.52. The van der Waals surface area contributed by atoms with Crippen LogP contribution in [0.2, 0.25) is 0 Å². The van der Waals surface area contributed by atoms with E-state index in [2.05, 4.69) is 15.2 Å². The number of hydrogen-bond donors (Lipinski definition) is 2. The number of aliphatic hydroxyl groups is 1. The number of hydrogen-bond acceptors (Lipinski definition) is 5. The third-order valence-electron chi connectivity index (χ3n) is 4.50. The molecule has 0 spiro atoms. The van der Waals surface area contributed by atoms with Gasteiger partial charge in [-0.3, -0.25) is 5.10 Å². The van der Waals surface area contributed by atoms with E-state index in [1.165, 1.54) is 20.2 Å². The van der Waals surface area contributed by atoms with Crippen LogP contribution >= 0.6 is 0 Å². The number of aromatic nitrogens is 3. The van der Waals surface area contributed by atoms with Gasteiger partial charge in [-0.2, -0.15) is 18.3 Å². The lowest BCUT2D eigenvalue weighted by Crippen LogP contribution is -2.54. The van der Waals surface area contributed by atoms with Crippen molar-refractivity contribution in [1.29, 1.82) is 0 Å². The second-order valence-corrected chi connectivity index (χ2v) is 8.89. The zero-order valence-electron chi connectivity index (χ0n) is 13.8. The normalized spacial score (nSPS) is 15.8. The number of H-pyrrole nitrogens is 1. The topological polar surface area (TPSA) is 95.9 Å². The molecule has 2 aromatic rings. The van der Waals surface area contributed by atoms with Crippen LogP contribution < -0.4 is 0 Å². The van der Waals surface area contributed by atoms with E-state index >= 15 is 0 Å². The molecule has 25 heavy (non-hydrogen) atoms. The Morgan fingerprint density at radius 1 is 1.12 bits per heavy atom. The Bertz CT molecular complexity index is 831. The third kappa shape index (κ3) is 3.54. The van der Waals surface area contributed by atoms with E-state index in [0.717, 1.165) is 30.5 Å². The Hall–Kier alpha value is -1.94. The zero-order chi connectivity index (χ0) is 19.1. The van der Waals surface area contributed by atoms with Gasteiger partial charge in [0, 0.05) is 12.7 Å². The van der Waals surface area contributed by atoms with Crippen LogP contribution in [0.3, 0.4) is 0 Å². The summed E-state index contributed by atoms with van der Waals surface area (Å²) in [7, 11) is -3.78. The highest BCUT2D eigenvalue weighted by molar-refractivity contribution is 7.92. The fraction of sp³-hybridized carbons (Fsp3) is 0.467. The maximum Gasteiger partial charge on any atom is 0.416 e. The largest absolute Gasteiger partial charge is 0.416 e. The number of rotatable bonds is 5. The molecule has 0 amide bonds. The molecule has 1 aromatic heterocycles. The molecule has 1 aromatic carbocycles. The van der Waals surface area contributed by atoms with E-state index in [4.69, 9.17) is 0 Å². The van der Waals surface area contributed by atoms with Crippen LogP contribution in [0.4, 0.5) is 13.2 Å². The maximum atomic E-state index is 12.8. The first kappa shape index (κ1) is 19.4. The molecular formula is C15H18F3N3O3S. The van der Waals surface area contributed by atoms with Crippen molar-refractivity contribution in [2.45, 2.75) is 36.8 Å². The molecular weight excluding hydrogens is 359 g/mol. The minimum absolute atomic E-state index is 0.0346. The number of benzene rings is 1. The van der Waals surface area contributed by atoms with Gasteiger partial charge in [0.05, 0.1) is 10.3 Å². The van der Waals surface area contributed by atoms with Crippen molar-refractivity contribution in [3.8, 4) is 0 Å². The summed E-state index contributed by atoms with van der Waals surface area (Å²) < 4.78 is 61.1. The lowest BCUT2D eigenvalue weighted by Gasteiger charge is -2.41. The summed E-state index contributed by atoms with van der Waals surface area (Å²) in [4.78, 5) is 3.88. The van der Waals surface area contributed by atoms with Gasteiger partial charge < -0.3 is 5.11 Å². The Balaban J connectivity index is 2.59. The molecule has 0 saturated heterocycles. The fourth-order valence-corrected chi connectivity index (χ4v) is 3.27. The molecule has 2 N–H and O–H groups in total. The van der Waals surface area contributed by atoms with Crippen LogP contribution in [0.15, 0.2) is 30.6 Å². The predicted octanol–water partition coefficient (Wildman–Crippen LogP) is 2.08. The van der Waals surface area contributed by atoms with Crippen molar-refractivity contribution >= 4 is 9.84 Å². The van der Waals surface area contributed by atoms with Crippen LogP contribution in [-0.2, 0) is 28.0 Å². The van der Waals surface area contributed by atoms with Gasteiger partial charge in [-0.1, -0.05) is 12.1 Å². The summed E-state index contributed by atoms with van der Waals surface area (Å²) in [6.07, 6.45) is -2.65. The standard InChI is InChI=1S/C15H18F3N3O3S/c1-13(2,25(3,23)24)14(22,8-12-19-9-20-21-12)10-4-6-11(7-5-10)15(16,17)18/h4-7,9,22H,8H2,1-3H3,(H,19,20,21). The van der Waals surface area contributed by atoms with Crippen LogP contribution in [0.25, 0.3) is 0 Å². The van der Waals surface area contributed by atoms with Gasteiger partial charge in [0.1, 0.15) is 17.8 Å². The molecule has 1 unspecified atom stereocenters. The van der Waals surface area contributed by atoms with Crippen molar-refractivity contribution < 1.29 is 26.7 Å². The average molecular weight is 377 g/mol. The van der Waals surface area contributed by atoms with E-state index in [-0.39, 0.29) is 17.8 Å². The maximum absolute atomic E-state index is 12.8. The fourth-order valence-electron chi connectivity index (χ4n) is 2.46. The lowest BCUT2D eigenvalue weighted by atomic mass is 9.79. The number of nitrogens with zero attached hydrogens (tertiary/aromatic N) is 2. The monoisotopic (exact) mass is 377 g/mol. The highest BCUT2D eigenvalue weighted by atomic mass is 32.2. The molecule has 1 atom stereocenters. The lowest BCUT2D eigenvalue weighted by molar-refractivity contribution is -0.137. The van der Waals surface area contributed by atoms with E-state index in [0.29, 0.717) is 0 Å². The van der Waals surface area contributed by atoms with E-state index in [9.17, 15) is 26.7 Å². The van der Waals surface area contributed by atoms with Crippen molar-refractivity contribution in [3.05, 3.63) is 47.5 Å². The summed E-state index contributed by atoms with van der Waals surface area (Å²) in [5.41, 5.74) is -2.88. The van der Waals surface area contributed by atoms with E-state index in [1.807, 2.05) is 0 Å². The number of sulfone groups is 1. The molecule has 1 heterocycles.